The van der Waals surface area contributed by atoms with Crippen molar-refractivity contribution in [1.82, 2.24) is 0 Å². The van der Waals surface area contributed by atoms with Crippen LogP contribution in [0.15, 0.2) is 18.2 Å². The summed E-state index contributed by atoms with van der Waals surface area (Å²) in [5.41, 5.74) is 2.71. The molecular weight excluding hydrogens is 224 g/mol. The minimum absolute atomic E-state index is 0.278. The number of hydrogen-bond acceptors (Lipinski definition) is 2. The Labute approximate surface area is 110 Å². The summed E-state index contributed by atoms with van der Waals surface area (Å²) in [6.45, 7) is 6.02. The zero-order valence-electron chi connectivity index (χ0n) is 12.0. The van der Waals surface area contributed by atoms with E-state index < -0.39 is 0 Å². The fourth-order valence-electron chi connectivity index (χ4n) is 2.37. The quantitative estimate of drug-likeness (QED) is 0.725. The number of carbonyl (C=O) groups is 1. The molecule has 0 heterocycles. The maximum Gasteiger partial charge on any atom is 0.129 e. The van der Waals surface area contributed by atoms with Crippen LogP contribution in [0.25, 0.3) is 0 Å². The Hall–Kier alpha value is -1.31. The van der Waals surface area contributed by atoms with Gasteiger partial charge in [-0.05, 0) is 55.4 Å². The molecule has 1 atom stereocenters. The maximum absolute atomic E-state index is 11.1. The zero-order valence-corrected chi connectivity index (χ0v) is 12.0. The normalized spacial score (nSPS) is 12.2. The number of methoxy groups -OCH3 is 1. The summed E-state index contributed by atoms with van der Waals surface area (Å²) >= 11 is 0. The molecule has 0 aliphatic heterocycles. The number of carbonyl (C=O) groups excluding carboxylic acids is 1. The third kappa shape index (κ3) is 3.86. The van der Waals surface area contributed by atoms with Crippen LogP contribution >= 0.6 is 0 Å². The van der Waals surface area contributed by atoms with E-state index in [1.54, 1.807) is 14.0 Å². The molecule has 0 saturated carbocycles. The molecule has 18 heavy (non-hydrogen) atoms. The first kappa shape index (κ1) is 14.7. The number of ketones is 1. The van der Waals surface area contributed by atoms with Crippen LogP contribution in [0.4, 0.5) is 0 Å². The highest BCUT2D eigenvalue weighted by Crippen LogP contribution is 2.30. The van der Waals surface area contributed by atoms with Crippen molar-refractivity contribution in [1.29, 1.82) is 0 Å². The molecule has 0 saturated heterocycles. The van der Waals surface area contributed by atoms with E-state index in [0.717, 1.165) is 25.0 Å². The number of ether oxygens (including phenoxy) is 1. The van der Waals surface area contributed by atoms with Gasteiger partial charge in [0.2, 0.25) is 0 Å². The fraction of sp³-hybridized carbons (Fsp3) is 0.562. The standard InChI is InChI=1S/C16H24O2/c1-5-13(8-7-12(3)17)16-10-9-15(18-4)11-14(16)6-2/h9-11,13H,5-8H2,1-4H3. The SMILES string of the molecule is CCc1cc(OC)ccc1C(CC)CCC(C)=O. The minimum atomic E-state index is 0.278. The van der Waals surface area contributed by atoms with Gasteiger partial charge in [-0.2, -0.15) is 0 Å². The molecule has 2 nitrogen and oxygen atoms in total. The Kier molecular flexibility index (Phi) is 5.90. The van der Waals surface area contributed by atoms with Gasteiger partial charge in [0.25, 0.3) is 0 Å². The van der Waals surface area contributed by atoms with Gasteiger partial charge in [0.15, 0.2) is 0 Å². The third-order valence-electron chi connectivity index (χ3n) is 3.51. The summed E-state index contributed by atoms with van der Waals surface area (Å²) in [4.78, 5) is 11.1. The highest BCUT2D eigenvalue weighted by molar-refractivity contribution is 5.75. The topological polar surface area (TPSA) is 26.3 Å². The van der Waals surface area contributed by atoms with E-state index in [1.165, 1.54) is 11.1 Å². The molecule has 1 rings (SSSR count). The van der Waals surface area contributed by atoms with Crippen LogP contribution in [0.3, 0.4) is 0 Å². The first-order valence-electron chi connectivity index (χ1n) is 6.78. The first-order valence-corrected chi connectivity index (χ1v) is 6.78. The molecular formula is C16H24O2. The predicted octanol–water partition coefficient (Wildman–Crippen LogP) is 4.12. The summed E-state index contributed by atoms with van der Waals surface area (Å²) in [5, 5.41) is 0. The lowest BCUT2D eigenvalue weighted by Gasteiger charge is -2.19. The molecule has 0 spiro atoms. The van der Waals surface area contributed by atoms with E-state index in [4.69, 9.17) is 4.74 Å². The van der Waals surface area contributed by atoms with Crippen molar-refractivity contribution in [3.05, 3.63) is 29.3 Å². The molecule has 100 valence electrons. The fourth-order valence-corrected chi connectivity index (χ4v) is 2.37. The largest absolute Gasteiger partial charge is 0.497 e. The molecule has 0 aliphatic carbocycles. The van der Waals surface area contributed by atoms with Crippen LogP contribution < -0.4 is 4.74 Å². The van der Waals surface area contributed by atoms with Crippen molar-refractivity contribution in [3.8, 4) is 5.75 Å². The second-order valence-electron chi connectivity index (χ2n) is 4.76. The van der Waals surface area contributed by atoms with Gasteiger partial charge >= 0.3 is 0 Å². The van der Waals surface area contributed by atoms with E-state index in [-0.39, 0.29) is 5.78 Å². The lowest BCUT2D eigenvalue weighted by atomic mass is 9.87. The molecule has 0 aromatic heterocycles. The first-order chi connectivity index (χ1) is 8.62. The van der Waals surface area contributed by atoms with Crippen LogP contribution in [0.2, 0.25) is 0 Å². The van der Waals surface area contributed by atoms with Crippen LogP contribution in [0.1, 0.15) is 57.1 Å². The van der Waals surface area contributed by atoms with Crippen LogP contribution in [0.5, 0.6) is 5.75 Å². The summed E-state index contributed by atoms with van der Waals surface area (Å²) in [6, 6.07) is 6.29. The number of Topliss-reactive ketones (excluding diaryl/α,β-unsaturated/α-hetero) is 1. The molecule has 1 aromatic carbocycles. The lowest BCUT2D eigenvalue weighted by Crippen LogP contribution is -2.04. The average Bonchev–Trinajstić information content (AvgIpc) is 2.39. The van der Waals surface area contributed by atoms with E-state index >= 15 is 0 Å². The van der Waals surface area contributed by atoms with Crippen LogP contribution in [-0.2, 0) is 11.2 Å². The summed E-state index contributed by atoms with van der Waals surface area (Å²) in [7, 11) is 1.70. The Morgan fingerprint density at radius 1 is 1.33 bits per heavy atom. The van der Waals surface area contributed by atoms with Crippen molar-refractivity contribution in [2.75, 3.05) is 7.11 Å². The predicted molar refractivity (Wildman–Crippen MR) is 75.3 cm³/mol. The monoisotopic (exact) mass is 248 g/mol. The van der Waals surface area contributed by atoms with Gasteiger partial charge in [-0.15, -0.1) is 0 Å². The van der Waals surface area contributed by atoms with Crippen molar-refractivity contribution in [2.45, 2.75) is 52.4 Å². The van der Waals surface area contributed by atoms with Crippen molar-refractivity contribution < 1.29 is 9.53 Å². The molecule has 0 N–H and O–H groups in total. The van der Waals surface area contributed by atoms with Gasteiger partial charge in [0, 0.05) is 6.42 Å². The van der Waals surface area contributed by atoms with E-state index in [1.807, 2.05) is 6.07 Å². The smallest absolute Gasteiger partial charge is 0.129 e. The minimum Gasteiger partial charge on any atom is -0.497 e. The van der Waals surface area contributed by atoms with Gasteiger partial charge in [-0.3, -0.25) is 0 Å². The van der Waals surface area contributed by atoms with Crippen molar-refractivity contribution in [3.63, 3.8) is 0 Å². The summed E-state index contributed by atoms with van der Waals surface area (Å²) in [5.74, 6) is 1.67. The van der Waals surface area contributed by atoms with Gasteiger partial charge in [-0.1, -0.05) is 19.9 Å². The third-order valence-corrected chi connectivity index (χ3v) is 3.51. The molecule has 2 heteroatoms. The van der Waals surface area contributed by atoms with Gasteiger partial charge < -0.3 is 9.53 Å². The van der Waals surface area contributed by atoms with E-state index in [0.29, 0.717) is 12.3 Å². The summed E-state index contributed by atoms with van der Waals surface area (Å²) in [6.07, 6.45) is 3.70. The average molecular weight is 248 g/mol. The number of aryl methyl sites for hydroxylation is 1. The molecule has 1 aromatic rings. The number of rotatable bonds is 7. The zero-order chi connectivity index (χ0) is 13.5. The van der Waals surface area contributed by atoms with E-state index in [2.05, 4.69) is 26.0 Å². The molecule has 0 amide bonds. The molecule has 0 aliphatic rings. The van der Waals surface area contributed by atoms with Crippen molar-refractivity contribution in [2.24, 2.45) is 0 Å². The Bertz CT molecular complexity index is 396. The molecule has 0 radical (unpaired) electrons. The summed E-state index contributed by atoms with van der Waals surface area (Å²) < 4.78 is 5.27. The van der Waals surface area contributed by atoms with Gasteiger partial charge in [0.1, 0.15) is 11.5 Å². The second-order valence-corrected chi connectivity index (χ2v) is 4.76. The van der Waals surface area contributed by atoms with Gasteiger partial charge in [0.05, 0.1) is 7.11 Å². The molecule has 0 bridgehead atoms. The number of hydrogen-bond donors (Lipinski definition) is 0. The highest BCUT2D eigenvalue weighted by atomic mass is 16.5. The maximum atomic E-state index is 11.1. The van der Waals surface area contributed by atoms with Crippen LogP contribution in [0, 0.1) is 0 Å². The highest BCUT2D eigenvalue weighted by Gasteiger charge is 2.14. The lowest BCUT2D eigenvalue weighted by molar-refractivity contribution is -0.117. The second kappa shape index (κ2) is 7.20. The van der Waals surface area contributed by atoms with Crippen LogP contribution in [-0.4, -0.2) is 12.9 Å². The Morgan fingerprint density at radius 2 is 2.06 bits per heavy atom. The van der Waals surface area contributed by atoms with Gasteiger partial charge in [-0.25, -0.2) is 0 Å². The number of benzene rings is 1. The Morgan fingerprint density at radius 3 is 2.56 bits per heavy atom. The molecule has 1 unspecified atom stereocenters. The van der Waals surface area contributed by atoms with Crippen molar-refractivity contribution >= 4 is 5.78 Å². The molecule has 0 fully saturated rings. The van der Waals surface area contributed by atoms with E-state index in [9.17, 15) is 4.79 Å². The Balaban J connectivity index is 2.93.